The highest BCUT2D eigenvalue weighted by Gasteiger charge is 2.12. The van der Waals surface area contributed by atoms with Crippen LogP contribution in [0.2, 0.25) is 0 Å². The topological polar surface area (TPSA) is 35.5 Å². The molecular weight excluding hydrogens is 404 g/mol. The summed E-state index contributed by atoms with van der Waals surface area (Å²) in [5, 5.41) is 4.71. The maximum atomic E-state index is 11.4. The molecule has 0 bridgehead atoms. The van der Waals surface area contributed by atoms with Gasteiger partial charge >= 0.3 is 5.97 Å². The largest absolute Gasteiger partial charge is 0.457 e. The molecular formula is C27H24O3S. The van der Waals surface area contributed by atoms with Crippen molar-refractivity contribution in [2.45, 2.75) is 29.4 Å². The van der Waals surface area contributed by atoms with E-state index in [1.165, 1.54) is 37.4 Å². The second-order valence-electron chi connectivity index (χ2n) is 7.34. The van der Waals surface area contributed by atoms with E-state index in [9.17, 15) is 4.79 Å². The Labute approximate surface area is 186 Å². The number of hydrogen-bond acceptors (Lipinski definition) is 4. The Morgan fingerprint density at radius 1 is 0.935 bits per heavy atom. The monoisotopic (exact) mass is 428 g/mol. The molecule has 0 aliphatic rings. The third kappa shape index (κ3) is 5.16. The predicted molar refractivity (Wildman–Crippen MR) is 127 cm³/mol. The van der Waals surface area contributed by atoms with Gasteiger partial charge in [-0.15, -0.1) is 0 Å². The van der Waals surface area contributed by atoms with Crippen molar-refractivity contribution in [1.82, 2.24) is 0 Å². The lowest BCUT2D eigenvalue weighted by Crippen LogP contribution is -2.19. The van der Waals surface area contributed by atoms with E-state index in [2.05, 4.69) is 79.4 Å². The molecule has 1 unspecified atom stereocenters. The zero-order chi connectivity index (χ0) is 21.6. The highest BCUT2D eigenvalue weighted by Crippen LogP contribution is 2.34. The van der Waals surface area contributed by atoms with Gasteiger partial charge in [0.2, 0.25) is 0 Å². The first kappa shape index (κ1) is 21.2. The van der Waals surface area contributed by atoms with Crippen LogP contribution in [-0.4, -0.2) is 18.7 Å². The van der Waals surface area contributed by atoms with Crippen molar-refractivity contribution in [1.29, 1.82) is 0 Å². The fourth-order valence-electron chi connectivity index (χ4n) is 3.58. The number of fused-ring (bicyclic) bond motifs is 2. The summed E-state index contributed by atoms with van der Waals surface area (Å²) >= 11 is 1.75. The first-order valence-corrected chi connectivity index (χ1v) is 11.0. The molecule has 31 heavy (non-hydrogen) atoms. The standard InChI is InChI=1S/C27H24O3S/c1-3-27(28)30-19(2)17-29-18-26-24-12-8-7-9-20(24)15-21-13-14-23(16-25(21)26)31-22-10-5-4-6-11-22/h3-16,19H,1,17-18H2,2H3. The molecule has 4 aromatic carbocycles. The lowest BCUT2D eigenvalue weighted by atomic mass is 9.97. The number of rotatable bonds is 8. The predicted octanol–water partition coefficient (Wildman–Crippen LogP) is 6.78. The Hall–Kier alpha value is -3.08. The zero-order valence-electron chi connectivity index (χ0n) is 17.4. The van der Waals surface area contributed by atoms with Crippen LogP contribution in [-0.2, 0) is 20.9 Å². The van der Waals surface area contributed by atoms with Crippen molar-refractivity contribution in [2.75, 3.05) is 6.61 Å². The Bertz CT molecular complexity index is 1220. The van der Waals surface area contributed by atoms with Gasteiger partial charge in [-0.25, -0.2) is 4.79 Å². The molecule has 0 aliphatic heterocycles. The minimum atomic E-state index is -0.436. The van der Waals surface area contributed by atoms with E-state index >= 15 is 0 Å². The lowest BCUT2D eigenvalue weighted by Gasteiger charge is -2.16. The molecule has 0 saturated carbocycles. The average molecular weight is 429 g/mol. The fraction of sp³-hybridized carbons (Fsp3) is 0.148. The summed E-state index contributed by atoms with van der Waals surface area (Å²) in [7, 11) is 0. The van der Waals surface area contributed by atoms with Crippen LogP contribution in [0.3, 0.4) is 0 Å². The number of hydrogen-bond donors (Lipinski definition) is 0. The average Bonchev–Trinajstić information content (AvgIpc) is 2.79. The smallest absolute Gasteiger partial charge is 0.330 e. The quantitative estimate of drug-likeness (QED) is 0.176. The summed E-state index contributed by atoms with van der Waals surface area (Å²) in [4.78, 5) is 13.8. The van der Waals surface area contributed by atoms with E-state index in [0.29, 0.717) is 13.2 Å². The van der Waals surface area contributed by atoms with Gasteiger partial charge in [0.25, 0.3) is 0 Å². The van der Waals surface area contributed by atoms with Gasteiger partial charge in [0.1, 0.15) is 6.10 Å². The molecule has 0 saturated heterocycles. The number of ether oxygens (including phenoxy) is 2. The molecule has 4 rings (SSSR count). The van der Waals surface area contributed by atoms with Crippen LogP contribution in [0.25, 0.3) is 21.5 Å². The Balaban J connectivity index is 1.65. The first-order valence-electron chi connectivity index (χ1n) is 10.2. The van der Waals surface area contributed by atoms with Crippen LogP contribution in [0.5, 0.6) is 0 Å². The van der Waals surface area contributed by atoms with E-state index in [0.717, 1.165) is 5.56 Å². The second-order valence-corrected chi connectivity index (χ2v) is 8.49. The number of carbonyl (C=O) groups excluding carboxylic acids is 1. The summed E-state index contributed by atoms with van der Waals surface area (Å²) < 4.78 is 11.2. The van der Waals surface area contributed by atoms with Crippen LogP contribution in [0.4, 0.5) is 0 Å². The molecule has 4 aromatic rings. The maximum absolute atomic E-state index is 11.4. The van der Waals surface area contributed by atoms with Crippen molar-refractivity contribution in [3.63, 3.8) is 0 Å². The fourth-order valence-corrected chi connectivity index (χ4v) is 4.46. The number of benzene rings is 4. The molecule has 0 radical (unpaired) electrons. The lowest BCUT2D eigenvalue weighted by molar-refractivity contribution is -0.145. The molecule has 3 nitrogen and oxygen atoms in total. The second kappa shape index (κ2) is 9.82. The minimum Gasteiger partial charge on any atom is -0.457 e. The summed E-state index contributed by atoms with van der Waals surface area (Å²) in [6.45, 7) is 6.01. The highest BCUT2D eigenvalue weighted by atomic mass is 32.2. The van der Waals surface area contributed by atoms with Crippen LogP contribution < -0.4 is 0 Å². The van der Waals surface area contributed by atoms with Gasteiger partial charge in [-0.05, 0) is 64.4 Å². The highest BCUT2D eigenvalue weighted by molar-refractivity contribution is 7.99. The molecule has 0 N–H and O–H groups in total. The summed E-state index contributed by atoms with van der Waals surface area (Å²) in [5.74, 6) is -0.436. The van der Waals surface area contributed by atoms with Crippen molar-refractivity contribution in [2.24, 2.45) is 0 Å². The van der Waals surface area contributed by atoms with Gasteiger partial charge in [-0.1, -0.05) is 66.9 Å². The molecule has 4 heteroatoms. The molecule has 0 spiro atoms. The third-order valence-electron chi connectivity index (χ3n) is 5.01. The number of carbonyl (C=O) groups is 1. The van der Waals surface area contributed by atoms with Crippen molar-refractivity contribution in [3.05, 3.63) is 97.1 Å². The van der Waals surface area contributed by atoms with E-state index < -0.39 is 5.97 Å². The van der Waals surface area contributed by atoms with Gasteiger partial charge in [-0.3, -0.25) is 0 Å². The first-order chi connectivity index (χ1) is 15.1. The van der Waals surface area contributed by atoms with Crippen molar-refractivity contribution < 1.29 is 14.3 Å². The Morgan fingerprint density at radius 2 is 1.68 bits per heavy atom. The van der Waals surface area contributed by atoms with E-state index in [1.54, 1.807) is 11.8 Å². The molecule has 0 fully saturated rings. The van der Waals surface area contributed by atoms with Gasteiger partial charge in [0.05, 0.1) is 13.2 Å². The third-order valence-corrected chi connectivity index (χ3v) is 6.01. The molecule has 0 aromatic heterocycles. The van der Waals surface area contributed by atoms with Gasteiger partial charge < -0.3 is 9.47 Å². The van der Waals surface area contributed by atoms with E-state index in [-0.39, 0.29) is 6.10 Å². The zero-order valence-corrected chi connectivity index (χ0v) is 18.2. The molecule has 1 atom stereocenters. The van der Waals surface area contributed by atoms with Crippen LogP contribution in [0.15, 0.2) is 101 Å². The summed E-state index contributed by atoms with van der Waals surface area (Å²) in [6.07, 6.45) is 0.830. The van der Waals surface area contributed by atoms with E-state index in [1.807, 2.05) is 13.0 Å². The van der Waals surface area contributed by atoms with Crippen LogP contribution in [0.1, 0.15) is 12.5 Å². The SMILES string of the molecule is C=CC(=O)OC(C)COCc1c2ccccc2cc2ccc(Sc3ccccc3)cc12. The molecule has 0 aliphatic carbocycles. The normalized spacial score (nSPS) is 12.0. The van der Waals surface area contributed by atoms with Crippen molar-refractivity contribution in [3.8, 4) is 0 Å². The summed E-state index contributed by atoms with van der Waals surface area (Å²) in [6, 6.07) is 27.5. The van der Waals surface area contributed by atoms with Crippen molar-refractivity contribution >= 4 is 39.3 Å². The Kier molecular flexibility index (Phi) is 6.70. The van der Waals surface area contributed by atoms with Gasteiger partial charge in [0.15, 0.2) is 0 Å². The Morgan fingerprint density at radius 3 is 2.48 bits per heavy atom. The van der Waals surface area contributed by atoms with Gasteiger partial charge in [-0.2, -0.15) is 0 Å². The summed E-state index contributed by atoms with van der Waals surface area (Å²) in [5.41, 5.74) is 1.14. The van der Waals surface area contributed by atoms with Crippen LogP contribution >= 0.6 is 11.8 Å². The van der Waals surface area contributed by atoms with Gasteiger partial charge in [0, 0.05) is 15.9 Å². The molecule has 0 heterocycles. The number of esters is 1. The van der Waals surface area contributed by atoms with E-state index in [4.69, 9.17) is 9.47 Å². The molecule has 156 valence electrons. The minimum absolute atomic E-state index is 0.322. The van der Waals surface area contributed by atoms with Crippen LogP contribution in [0, 0.1) is 0 Å². The molecule has 0 amide bonds. The maximum Gasteiger partial charge on any atom is 0.330 e.